The summed E-state index contributed by atoms with van der Waals surface area (Å²) >= 11 is 0. The zero-order valence-electron chi connectivity index (χ0n) is 11.4. The van der Waals surface area contributed by atoms with Gasteiger partial charge in [-0.15, -0.1) is 0 Å². The number of methoxy groups -OCH3 is 1. The Morgan fingerprint density at radius 2 is 1.90 bits per heavy atom. The molecule has 0 bridgehead atoms. The normalized spacial score (nSPS) is 13.2. The molecule has 6 nitrogen and oxygen atoms in total. The first-order valence-corrected chi connectivity index (χ1v) is 6.31. The average Bonchev–Trinajstić information content (AvgIpc) is 2.51. The molecule has 2 aromatic rings. The fraction of sp³-hybridized carbons (Fsp3) is 0.286. The third-order valence-electron chi connectivity index (χ3n) is 3.37. The second-order valence-corrected chi connectivity index (χ2v) is 4.59. The maximum Gasteiger partial charge on any atom is 0.178 e. The molecule has 3 rings (SSSR count). The van der Waals surface area contributed by atoms with Crippen LogP contribution in [0.5, 0.6) is 0 Å². The summed E-state index contributed by atoms with van der Waals surface area (Å²) in [5, 5.41) is 9.33. The molecule has 20 heavy (non-hydrogen) atoms. The van der Waals surface area contributed by atoms with Gasteiger partial charge in [-0.25, -0.2) is 9.97 Å². The molecule has 1 aliphatic heterocycles. The molecule has 6 heteroatoms. The topological polar surface area (TPSA) is 61.7 Å². The number of fused-ring (bicyclic) bond motifs is 2. The molecule has 104 valence electrons. The molecule has 0 saturated heterocycles. The molecule has 2 heterocycles. The molecule has 0 unspecified atom stereocenters. The number of hydrogen-bond donors (Lipinski definition) is 1. The fourth-order valence-electron chi connectivity index (χ4n) is 2.41. The molecule has 1 aromatic heterocycles. The molecule has 0 fully saturated rings. The van der Waals surface area contributed by atoms with Gasteiger partial charge in [-0.1, -0.05) is 6.07 Å². The predicted octanol–water partition coefficient (Wildman–Crippen LogP) is 1.79. The van der Waals surface area contributed by atoms with E-state index in [1.807, 2.05) is 35.0 Å². The predicted molar refractivity (Wildman–Crippen MR) is 76.5 cm³/mol. The van der Waals surface area contributed by atoms with Crippen LogP contribution in [0.4, 0.5) is 23.0 Å². The Morgan fingerprint density at radius 3 is 2.60 bits per heavy atom. The lowest BCUT2D eigenvalue weighted by Gasteiger charge is -2.36. The Morgan fingerprint density at radius 1 is 1.15 bits per heavy atom. The number of anilines is 4. The Labute approximate surface area is 117 Å². The van der Waals surface area contributed by atoms with E-state index in [0.717, 1.165) is 28.6 Å². The van der Waals surface area contributed by atoms with E-state index in [1.54, 1.807) is 19.5 Å². The number of aliphatic hydroxyl groups excluding tert-OH is 1. The van der Waals surface area contributed by atoms with E-state index in [2.05, 4.69) is 9.97 Å². The maximum atomic E-state index is 9.33. The molecule has 1 aliphatic rings. The van der Waals surface area contributed by atoms with Gasteiger partial charge in [-0.3, -0.25) is 4.90 Å². The zero-order chi connectivity index (χ0) is 14.1. The van der Waals surface area contributed by atoms with Crippen LogP contribution in [-0.4, -0.2) is 36.0 Å². The van der Waals surface area contributed by atoms with E-state index in [4.69, 9.17) is 4.74 Å². The van der Waals surface area contributed by atoms with Gasteiger partial charge in [0.25, 0.3) is 0 Å². The summed E-state index contributed by atoms with van der Waals surface area (Å²) < 4.78 is 5.28. The summed E-state index contributed by atoms with van der Waals surface area (Å²) in [5.41, 5.74) is 2.81. The third kappa shape index (κ3) is 1.90. The summed E-state index contributed by atoms with van der Waals surface area (Å²) in [5.74, 6) is 1.54. The van der Waals surface area contributed by atoms with Crippen LogP contribution < -0.4 is 9.80 Å². The van der Waals surface area contributed by atoms with Crippen molar-refractivity contribution in [1.29, 1.82) is 0 Å². The first kappa shape index (κ1) is 12.8. The third-order valence-corrected chi connectivity index (χ3v) is 3.37. The van der Waals surface area contributed by atoms with Crippen LogP contribution in [0.2, 0.25) is 0 Å². The number of ether oxygens (including phenoxy) is 1. The van der Waals surface area contributed by atoms with Crippen molar-refractivity contribution in [3.63, 3.8) is 0 Å². The van der Waals surface area contributed by atoms with Crippen LogP contribution in [0.25, 0.3) is 0 Å². The summed E-state index contributed by atoms with van der Waals surface area (Å²) in [6, 6.07) is 5.82. The minimum Gasteiger partial charge on any atom is -0.392 e. The summed E-state index contributed by atoms with van der Waals surface area (Å²) in [6.07, 6.45) is 3.34. The molecule has 0 atom stereocenters. The Kier molecular flexibility index (Phi) is 3.25. The smallest absolute Gasteiger partial charge is 0.178 e. The highest BCUT2D eigenvalue weighted by Gasteiger charge is 2.28. The molecule has 0 spiro atoms. The Hall–Kier alpha value is -2.18. The fourth-order valence-corrected chi connectivity index (χ4v) is 2.41. The van der Waals surface area contributed by atoms with Crippen LogP contribution in [-0.2, 0) is 11.3 Å². The van der Waals surface area contributed by atoms with Crippen LogP contribution >= 0.6 is 0 Å². The quantitative estimate of drug-likeness (QED) is 0.919. The van der Waals surface area contributed by atoms with Crippen molar-refractivity contribution in [3.05, 3.63) is 36.2 Å². The van der Waals surface area contributed by atoms with Gasteiger partial charge in [-0.05, 0) is 17.7 Å². The summed E-state index contributed by atoms with van der Waals surface area (Å²) in [7, 11) is 3.60. The lowest BCUT2D eigenvalue weighted by molar-refractivity contribution is 0.205. The first-order valence-electron chi connectivity index (χ1n) is 6.31. The highest BCUT2D eigenvalue weighted by Crippen LogP contribution is 2.44. The van der Waals surface area contributed by atoms with E-state index in [9.17, 15) is 5.11 Å². The molecular weight excluding hydrogens is 256 g/mol. The van der Waals surface area contributed by atoms with E-state index in [-0.39, 0.29) is 6.61 Å². The van der Waals surface area contributed by atoms with Gasteiger partial charge < -0.3 is 14.7 Å². The van der Waals surface area contributed by atoms with E-state index in [0.29, 0.717) is 6.73 Å². The second-order valence-electron chi connectivity index (χ2n) is 4.59. The SMILES string of the molecule is COCN1c2cc(CO)ccc2N(C)c2nccnc21. The van der Waals surface area contributed by atoms with Crippen molar-refractivity contribution in [2.24, 2.45) is 0 Å². The molecule has 0 radical (unpaired) electrons. The number of rotatable bonds is 3. The maximum absolute atomic E-state index is 9.33. The minimum absolute atomic E-state index is 0.00510. The van der Waals surface area contributed by atoms with Gasteiger partial charge >= 0.3 is 0 Å². The highest BCUT2D eigenvalue weighted by atomic mass is 16.5. The number of benzene rings is 1. The Balaban J connectivity index is 2.18. The van der Waals surface area contributed by atoms with Gasteiger partial charge in [-0.2, -0.15) is 0 Å². The molecule has 1 aromatic carbocycles. The molecule has 1 N–H and O–H groups in total. The standard InChI is InChI=1S/C14H16N4O2/c1-17-11-4-3-10(8-19)7-12(11)18(9-20-2)14-13(17)15-5-6-16-14/h3-7,19H,8-9H2,1-2H3. The molecule has 0 amide bonds. The first-order chi connectivity index (χ1) is 9.76. The molecule has 0 saturated carbocycles. The molecular formula is C14H16N4O2. The van der Waals surface area contributed by atoms with Crippen LogP contribution in [0, 0.1) is 0 Å². The minimum atomic E-state index is 0.00510. The van der Waals surface area contributed by atoms with E-state index >= 15 is 0 Å². The lowest BCUT2D eigenvalue weighted by Crippen LogP contribution is -2.30. The van der Waals surface area contributed by atoms with Gasteiger partial charge in [0.1, 0.15) is 6.73 Å². The summed E-state index contributed by atoms with van der Waals surface area (Å²) in [4.78, 5) is 12.7. The number of hydrogen-bond acceptors (Lipinski definition) is 6. The summed E-state index contributed by atoms with van der Waals surface area (Å²) in [6.45, 7) is 0.382. The van der Waals surface area contributed by atoms with Crippen molar-refractivity contribution in [2.45, 2.75) is 6.61 Å². The van der Waals surface area contributed by atoms with Gasteiger partial charge in [0, 0.05) is 26.6 Å². The van der Waals surface area contributed by atoms with Crippen LogP contribution in [0.1, 0.15) is 5.56 Å². The zero-order valence-corrected chi connectivity index (χ0v) is 11.4. The van der Waals surface area contributed by atoms with Crippen molar-refractivity contribution in [3.8, 4) is 0 Å². The van der Waals surface area contributed by atoms with Crippen molar-refractivity contribution < 1.29 is 9.84 Å². The van der Waals surface area contributed by atoms with Crippen molar-refractivity contribution in [2.75, 3.05) is 30.7 Å². The monoisotopic (exact) mass is 272 g/mol. The number of aromatic nitrogens is 2. The number of nitrogens with zero attached hydrogens (tertiary/aromatic N) is 4. The van der Waals surface area contributed by atoms with E-state index in [1.165, 1.54) is 0 Å². The molecule has 0 aliphatic carbocycles. The number of aliphatic hydroxyl groups is 1. The second kappa shape index (κ2) is 5.07. The van der Waals surface area contributed by atoms with Crippen molar-refractivity contribution in [1.82, 2.24) is 9.97 Å². The van der Waals surface area contributed by atoms with Crippen molar-refractivity contribution >= 4 is 23.0 Å². The van der Waals surface area contributed by atoms with Crippen LogP contribution in [0.15, 0.2) is 30.6 Å². The van der Waals surface area contributed by atoms with Gasteiger partial charge in [0.05, 0.1) is 18.0 Å². The van der Waals surface area contributed by atoms with E-state index < -0.39 is 0 Å². The van der Waals surface area contributed by atoms with Gasteiger partial charge in [0.2, 0.25) is 0 Å². The average molecular weight is 272 g/mol. The van der Waals surface area contributed by atoms with Gasteiger partial charge in [0.15, 0.2) is 11.6 Å². The van der Waals surface area contributed by atoms with Crippen LogP contribution in [0.3, 0.4) is 0 Å². The highest BCUT2D eigenvalue weighted by molar-refractivity contribution is 5.89. The largest absolute Gasteiger partial charge is 0.392 e. The Bertz CT molecular complexity index is 632. The lowest BCUT2D eigenvalue weighted by atomic mass is 10.1.